The molecule has 1 amide bonds. The predicted molar refractivity (Wildman–Crippen MR) is 119 cm³/mol. The maximum Gasteiger partial charge on any atom is 0.300 e. The Kier molecular flexibility index (Phi) is 5.09. The molecule has 0 spiro atoms. The number of benzene rings is 1. The van der Waals surface area contributed by atoms with Crippen molar-refractivity contribution < 1.29 is 22.0 Å². The van der Waals surface area contributed by atoms with Gasteiger partial charge in [-0.1, -0.05) is 13.0 Å². The van der Waals surface area contributed by atoms with E-state index in [0.29, 0.717) is 17.1 Å². The Labute approximate surface area is 187 Å². The third kappa shape index (κ3) is 3.51. The number of rotatable bonds is 6. The van der Waals surface area contributed by atoms with Crippen molar-refractivity contribution in [1.82, 2.24) is 14.1 Å². The molecule has 1 aliphatic heterocycles. The van der Waals surface area contributed by atoms with E-state index < -0.39 is 21.7 Å². The predicted octanol–water partition coefficient (Wildman–Crippen LogP) is 3.66. The van der Waals surface area contributed by atoms with Crippen LogP contribution >= 0.6 is 11.8 Å². The minimum atomic E-state index is -4.29. The number of hydrogen-bond donors (Lipinski definition) is 1. The van der Waals surface area contributed by atoms with Crippen molar-refractivity contribution >= 4 is 50.0 Å². The third-order valence-electron chi connectivity index (χ3n) is 5.24. The van der Waals surface area contributed by atoms with Gasteiger partial charge in [0, 0.05) is 37.1 Å². The summed E-state index contributed by atoms with van der Waals surface area (Å²) in [5.41, 5.74) is 1.30. The molecule has 4 heterocycles. The molecule has 4 aromatic rings. The zero-order chi connectivity index (χ0) is 22.5. The number of fused-ring (bicyclic) bond motifs is 2. The SMILES string of the molecule is CCSc1nc2ccccn2c1S(=O)(=O)NC(=O)c1cc2c(F)cc(N3CCC3)cc2o1. The molecule has 0 aliphatic carbocycles. The molecule has 3 aromatic heterocycles. The van der Waals surface area contributed by atoms with Crippen molar-refractivity contribution in [3.63, 3.8) is 0 Å². The molecule has 1 N–H and O–H groups in total. The highest BCUT2D eigenvalue weighted by atomic mass is 32.2. The van der Waals surface area contributed by atoms with Gasteiger partial charge in [0.25, 0.3) is 10.0 Å². The Bertz CT molecular complexity index is 1460. The first-order valence-electron chi connectivity index (χ1n) is 10.0. The molecule has 32 heavy (non-hydrogen) atoms. The van der Waals surface area contributed by atoms with E-state index >= 15 is 0 Å². The lowest BCUT2D eigenvalue weighted by Crippen LogP contribution is -2.36. The van der Waals surface area contributed by atoms with E-state index in [-0.39, 0.29) is 26.8 Å². The number of halogens is 1. The van der Waals surface area contributed by atoms with Crippen LogP contribution in [-0.2, 0) is 10.0 Å². The van der Waals surface area contributed by atoms with Crippen molar-refractivity contribution in [3.05, 3.63) is 54.2 Å². The molecule has 0 saturated carbocycles. The summed E-state index contributed by atoms with van der Waals surface area (Å²) >= 11 is 1.25. The van der Waals surface area contributed by atoms with Gasteiger partial charge in [-0.25, -0.2) is 14.1 Å². The molecule has 8 nitrogen and oxygen atoms in total. The average Bonchev–Trinajstić information content (AvgIpc) is 3.28. The van der Waals surface area contributed by atoms with Gasteiger partial charge in [-0.05, 0) is 30.4 Å². The van der Waals surface area contributed by atoms with Crippen LogP contribution in [0.15, 0.2) is 57.1 Å². The fourth-order valence-electron chi connectivity index (χ4n) is 3.60. The average molecular weight is 475 g/mol. The molecular weight excluding hydrogens is 455 g/mol. The number of imidazole rings is 1. The Hall–Kier alpha value is -3.05. The van der Waals surface area contributed by atoms with Crippen molar-refractivity contribution in [1.29, 1.82) is 0 Å². The quantitative estimate of drug-likeness (QED) is 0.426. The minimum Gasteiger partial charge on any atom is -0.451 e. The molecular formula is C21H19FN4O4S2. The molecule has 0 bridgehead atoms. The first kappa shape index (κ1) is 20.8. The van der Waals surface area contributed by atoms with Crippen LogP contribution in [0, 0.1) is 5.82 Å². The number of carbonyl (C=O) groups is 1. The van der Waals surface area contributed by atoms with Crippen molar-refractivity contribution in [2.24, 2.45) is 0 Å². The lowest BCUT2D eigenvalue weighted by Gasteiger charge is -2.33. The first-order chi connectivity index (χ1) is 15.4. The summed E-state index contributed by atoms with van der Waals surface area (Å²) in [6, 6.07) is 9.36. The van der Waals surface area contributed by atoms with E-state index in [0.717, 1.165) is 19.5 Å². The number of pyridine rings is 1. The van der Waals surface area contributed by atoms with Crippen LogP contribution in [0.25, 0.3) is 16.6 Å². The van der Waals surface area contributed by atoms with Crippen molar-refractivity contribution in [2.75, 3.05) is 23.7 Å². The summed E-state index contributed by atoms with van der Waals surface area (Å²) in [6.45, 7) is 3.53. The number of amides is 1. The van der Waals surface area contributed by atoms with E-state index in [1.807, 2.05) is 16.5 Å². The highest BCUT2D eigenvalue weighted by molar-refractivity contribution is 8.00. The van der Waals surface area contributed by atoms with Crippen LogP contribution in [0.1, 0.15) is 23.9 Å². The Morgan fingerprint density at radius 1 is 1.28 bits per heavy atom. The molecule has 0 unspecified atom stereocenters. The van der Waals surface area contributed by atoms with E-state index in [1.54, 1.807) is 30.5 Å². The maximum atomic E-state index is 14.6. The molecule has 1 aromatic carbocycles. The van der Waals surface area contributed by atoms with E-state index in [1.165, 1.54) is 28.3 Å². The second kappa shape index (κ2) is 7.82. The van der Waals surface area contributed by atoms with Gasteiger partial charge in [0.05, 0.1) is 5.39 Å². The lowest BCUT2D eigenvalue weighted by atomic mass is 10.1. The van der Waals surface area contributed by atoms with Gasteiger partial charge in [0.1, 0.15) is 22.1 Å². The van der Waals surface area contributed by atoms with E-state index in [9.17, 15) is 17.6 Å². The van der Waals surface area contributed by atoms with Crippen LogP contribution in [0.5, 0.6) is 0 Å². The van der Waals surface area contributed by atoms with Crippen LogP contribution in [-0.4, -0.2) is 42.6 Å². The molecule has 11 heteroatoms. The van der Waals surface area contributed by atoms with E-state index in [2.05, 4.69) is 4.98 Å². The van der Waals surface area contributed by atoms with Crippen LogP contribution in [0.2, 0.25) is 0 Å². The van der Waals surface area contributed by atoms with Gasteiger partial charge in [-0.3, -0.25) is 9.20 Å². The molecule has 1 aliphatic rings. The van der Waals surface area contributed by atoms with E-state index in [4.69, 9.17) is 4.42 Å². The topological polar surface area (TPSA) is 96.9 Å². The largest absolute Gasteiger partial charge is 0.451 e. The molecule has 166 valence electrons. The molecule has 5 rings (SSSR count). The van der Waals surface area contributed by atoms with Crippen LogP contribution < -0.4 is 9.62 Å². The number of anilines is 1. The fourth-order valence-corrected chi connectivity index (χ4v) is 5.89. The highest BCUT2D eigenvalue weighted by Gasteiger charge is 2.29. The highest BCUT2D eigenvalue weighted by Crippen LogP contribution is 2.31. The normalized spacial score (nSPS) is 14.1. The summed E-state index contributed by atoms with van der Waals surface area (Å²) < 4.78 is 49.8. The number of sulfonamides is 1. The lowest BCUT2D eigenvalue weighted by molar-refractivity contribution is 0.0956. The standard InChI is InChI=1S/C21H19FN4O4S2/c1-2-31-20-21(26-9-4-3-6-18(26)23-20)32(28,29)24-19(27)17-12-14-15(22)10-13(11-16(14)30-17)25-7-5-8-25/h3-4,6,9-12H,2,5,7-8H2,1H3,(H,24,27). The zero-order valence-electron chi connectivity index (χ0n) is 17.0. The third-order valence-corrected chi connectivity index (χ3v) is 7.56. The van der Waals surface area contributed by atoms with Gasteiger partial charge in [0.15, 0.2) is 10.8 Å². The maximum absolute atomic E-state index is 14.6. The summed E-state index contributed by atoms with van der Waals surface area (Å²) in [5.74, 6) is -1.20. The van der Waals surface area contributed by atoms with Crippen LogP contribution in [0.4, 0.5) is 10.1 Å². The Morgan fingerprint density at radius 2 is 2.09 bits per heavy atom. The number of carbonyl (C=O) groups excluding carboxylic acids is 1. The number of nitrogens with zero attached hydrogens (tertiary/aromatic N) is 3. The number of furan rings is 1. The van der Waals surface area contributed by atoms with Gasteiger partial charge < -0.3 is 9.32 Å². The van der Waals surface area contributed by atoms with Gasteiger partial charge >= 0.3 is 5.91 Å². The number of thioether (sulfide) groups is 1. The second-order valence-corrected chi connectivity index (χ2v) is 10.2. The summed E-state index contributed by atoms with van der Waals surface area (Å²) in [6.07, 6.45) is 2.60. The smallest absolute Gasteiger partial charge is 0.300 e. The fraction of sp³-hybridized carbons (Fsp3) is 0.238. The van der Waals surface area contributed by atoms with Gasteiger partial charge in [-0.2, -0.15) is 8.42 Å². The summed E-state index contributed by atoms with van der Waals surface area (Å²) in [7, 11) is -4.29. The van der Waals surface area contributed by atoms with Gasteiger partial charge in [0.2, 0.25) is 0 Å². The second-order valence-electron chi connectivity index (χ2n) is 7.31. The van der Waals surface area contributed by atoms with Crippen LogP contribution in [0.3, 0.4) is 0 Å². The molecule has 0 radical (unpaired) electrons. The monoisotopic (exact) mass is 474 g/mol. The van der Waals surface area contributed by atoms with Crippen molar-refractivity contribution in [2.45, 2.75) is 23.4 Å². The van der Waals surface area contributed by atoms with Crippen molar-refractivity contribution in [3.8, 4) is 0 Å². The Balaban J connectivity index is 1.49. The number of hydrogen-bond acceptors (Lipinski definition) is 7. The Morgan fingerprint density at radius 3 is 2.81 bits per heavy atom. The molecule has 1 fully saturated rings. The number of nitrogens with one attached hydrogen (secondary N) is 1. The number of aromatic nitrogens is 2. The molecule has 1 saturated heterocycles. The minimum absolute atomic E-state index is 0.119. The molecule has 0 atom stereocenters. The van der Waals surface area contributed by atoms with Gasteiger partial charge in [-0.15, -0.1) is 11.8 Å². The first-order valence-corrected chi connectivity index (χ1v) is 12.5. The summed E-state index contributed by atoms with van der Waals surface area (Å²) in [4.78, 5) is 19.1. The zero-order valence-corrected chi connectivity index (χ0v) is 18.7. The summed E-state index contributed by atoms with van der Waals surface area (Å²) in [5, 5.41) is 0.276.